The van der Waals surface area contributed by atoms with Crippen molar-refractivity contribution in [2.24, 2.45) is 0 Å². The van der Waals surface area contributed by atoms with Crippen molar-refractivity contribution in [3.8, 4) is 11.5 Å². The van der Waals surface area contributed by atoms with Crippen LogP contribution in [0.3, 0.4) is 0 Å². The number of ether oxygens (including phenoxy) is 1. The van der Waals surface area contributed by atoms with Crippen molar-refractivity contribution in [3.05, 3.63) is 61.1 Å². The van der Waals surface area contributed by atoms with Crippen molar-refractivity contribution in [3.63, 3.8) is 0 Å². The summed E-state index contributed by atoms with van der Waals surface area (Å²) in [5, 5.41) is 11.7. The summed E-state index contributed by atoms with van der Waals surface area (Å²) in [6, 6.07) is 6.45. The molecule has 10 heteroatoms. The van der Waals surface area contributed by atoms with Crippen LogP contribution < -0.4 is 5.32 Å². The number of benzene rings is 1. The van der Waals surface area contributed by atoms with Crippen LogP contribution in [0, 0.1) is 0 Å². The van der Waals surface area contributed by atoms with Crippen LogP contribution in [0.25, 0.3) is 11.5 Å². The number of carbonyl (C=O) groups is 2. The maximum Gasteiger partial charge on any atom is 0.337 e. The summed E-state index contributed by atoms with van der Waals surface area (Å²) >= 11 is 1.25. The Bertz CT molecular complexity index is 1000. The van der Waals surface area contributed by atoms with Gasteiger partial charge in [0.1, 0.15) is 5.69 Å². The number of methoxy groups -OCH3 is 1. The molecule has 0 bridgehead atoms. The Morgan fingerprint density at radius 3 is 2.69 bits per heavy atom. The Kier molecular flexibility index (Phi) is 6.69. The third-order valence-electron chi connectivity index (χ3n) is 3.74. The Morgan fingerprint density at radius 1 is 1.24 bits per heavy atom. The number of rotatable bonds is 8. The number of carbonyl (C=O) groups excluding carboxylic acids is 2. The lowest BCUT2D eigenvalue weighted by atomic mass is 10.2. The van der Waals surface area contributed by atoms with Gasteiger partial charge in [0.05, 0.1) is 24.6 Å². The molecule has 0 saturated carbocycles. The van der Waals surface area contributed by atoms with E-state index in [1.807, 2.05) is 4.57 Å². The third kappa shape index (κ3) is 5.05. The van der Waals surface area contributed by atoms with Crippen LogP contribution in [-0.4, -0.2) is 49.5 Å². The number of thioether (sulfide) groups is 1. The predicted molar refractivity (Wildman–Crippen MR) is 108 cm³/mol. The Morgan fingerprint density at radius 2 is 2.03 bits per heavy atom. The largest absolute Gasteiger partial charge is 0.465 e. The zero-order valence-corrected chi connectivity index (χ0v) is 16.4. The molecule has 2 heterocycles. The van der Waals surface area contributed by atoms with E-state index in [4.69, 9.17) is 0 Å². The molecule has 0 unspecified atom stereocenters. The fourth-order valence-electron chi connectivity index (χ4n) is 2.43. The molecule has 0 aliphatic rings. The summed E-state index contributed by atoms with van der Waals surface area (Å²) in [5.41, 5.74) is 1.58. The number of amides is 1. The van der Waals surface area contributed by atoms with Crippen LogP contribution in [0.5, 0.6) is 0 Å². The number of allylic oxidation sites excluding steroid dienone is 1. The van der Waals surface area contributed by atoms with E-state index in [0.29, 0.717) is 34.5 Å². The van der Waals surface area contributed by atoms with Gasteiger partial charge in [-0.15, -0.1) is 16.8 Å². The highest BCUT2D eigenvalue weighted by Crippen LogP contribution is 2.22. The molecular formula is C19H18N6O3S. The first kappa shape index (κ1) is 20.2. The van der Waals surface area contributed by atoms with Gasteiger partial charge in [0.2, 0.25) is 5.91 Å². The molecule has 1 N–H and O–H groups in total. The van der Waals surface area contributed by atoms with Gasteiger partial charge in [-0.25, -0.2) is 9.78 Å². The average Bonchev–Trinajstić information content (AvgIpc) is 3.16. The fraction of sp³-hybridized carbons (Fsp3) is 0.158. The molecule has 0 aliphatic carbocycles. The number of nitrogens with zero attached hydrogens (tertiary/aromatic N) is 5. The Balaban J connectivity index is 1.65. The first-order valence-corrected chi connectivity index (χ1v) is 9.52. The van der Waals surface area contributed by atoms with E-state index < -0.39 is 5.97 Å². The molecule has 0 fully saturated rings. The van der Waals surface area contributed by atoms with Crippen molar-refractivity contribution in [2.45, 2.75) is 11.7 Å². The number of nitrogens with one attached hydrogen (secondary N) is 1. The lowest BCUT2D eigenvalue weighted by molar-refractivity contribution is -0.113. The third-order valence-corrected chi connectivity index (χ3v) is 4.71. The first-order valence-electron chi connectivity index (χ1n) is 8.54. The molecule has 0 saturated heterocycles. The number of hydrogen-bond acceptors (Lipinski definition) is 8. The molecule has 0 radical (unpaired) electrons. The standard InChI is InChI=1S/C19H18N6O3S/c1-3-10-25-17(15-11-20-8-9-21-15)23-24-19(25)29-12-16(26)22-14-6-4-13(5-7-14)18(27)28-2/h3-9,11H,1,10,12H2,2H3,(H,22,26). The van der Waals surface area contributed by atoms with Crippen LogP contribution in [-0.2, 0) is 16.1 Å². The van der Waals surface area contributed by atoms with Crippen molar-refractivity contribution in [2.75, 3.05) is 18.2 Å². The number of hydrogen-bond donors (Lipinski definition) is 1. The Labute approximate surface area is 171 Å². The summed E-state index contributed by atoms with van der Waals surface area (Å²) in [4.78, 5) is 32.0. The highest BCUT2D eigenvalue weighted by molar-refractivity contribution is 7.99. The van der Waals surface area contributed by atoms with E-state index in [1.54, 1.807) is 48.9 Å². The van der Waals surface area contributed by atoms with Crippen molar-refractivity contribution in [1.82, 2.24) is 24.7 Å². The maximum atomic E-state index is 12.3. The predicted octanol–water partition coefficient (Wildman–Crippen LogP) is 2.44. The SMILES string of the molecule is C=CCn1c(SCC(=O)Nc2ccc(C(=O)OC)cc2)nnc1-c1cnccn1. The van der Waals surface area contributed by atoms with Gasteiger partial charge in [-0.05, 0) is 24.3 Å². The Hall–Kier alpha value is -3.53. The van der Waals surface area contributed by atoms with E-state index in [-0.39, 0.29) is 11.7 Å². The van der Waals surface area contributed by atoms with Gasteiger partial charge < -0.3 is 10.1 Å². The van der Waals surface area contributed by atoms with Crippen LogP contribution >= 0.6 is 11.8 Å². The summed E-state index contributed by atoms with van der Waals surface area (Å²) in [5.74, 6) is 0.0438. The van der Waals surface area contributed by atoms with E-state index in [1.165, 1.54) is 18.9 Å². The van der Waals surface area contributed by atoms with Crippen LogP contribution in [0.2, 0.25) is 0 Å². The molecule has 148 valence electrons. The molecular weight excluding hydrogens is 392 g/mol. The monoisotopic (exact) mass is 410 g/mol. The number of esters is 1. The molecule has 0 aliphatic heterocycles. The van der Waals surface area contributed by atoms with E-state index >= 15 is 0 Å². The molecule has 9 nitrogen and oxygen atoms in total. The van der Waals surface area contributed by atoms with Gasteiger partial charge in [-0.2, -0.15) is 0 Å². The van der Waals surface area contributed by atoms with E-state index in [0.717, 1.165) is 0 Å². The summed E-state index contributed by atoms with van der Waals surface area (Å²) in [6.45, 7) is 4.22. The lowest BCUT2D eigenvalue weighted by Gasteiger charge is -2.08. The highest BCUT2D eigenvalue weighted by Gasteiger charge is 2.16. The number of anilines is 1. The minimum absolute atomic E-state index is 0.133. The van der Waals surface area contributed by atoms with Crippen molar-refractivity contribution >= 4 is 29.3 Å². The highest BCUT2D eigenvalue weighted by atomic mass is 32.2. The second kappa shape index (κ2) is 9.60. The van der Waals surface area contributed by atoms with E-state index in [2.05, 4.69) is 36.8 Å². The zero-order valence-electron chi connectivity index (χ0n) is 15.6. The molecule has 2 aromatic heterocycles. The molecule has 0 spiro atoms. The normalized spacial score (nSPS) is 10.4. The van der Waals surface area contributed by atoms with Crippen LogP contribution in [0.4, 0.5) is 5.69 Å². The van der Waals surface area contributed by atoms with Crippen LogP contribution in [0.1, 0.15) is 10.4 Å². The zero-order chi connectivity index (χ0) is 20.6. The minimum atomic E-state index is -0.432. The molecule has 0 atom stereocenters. The second-order valence-electron chi connectivity index (χ2n) is 5.70. The van der Waals surface area contributed by atoms with Gasteiger partial charge in [-0.1, -0.05) is 17.8 Å². The van der Waals surface area contributed by atoms with Crippen molar-refractivity contribution in [1.29, 1.82) is 0 Å². The second-order valence-corrected chi connectivity index (χ2v) is 6.64. The summed E-state index contributed by atoms with van der Waals surface area (Å²) in [6.07, 6.45) is 6.47. The molecule has 1 amide bonds. The quantitative estimate of drug-likeness (QED) is 0.342. The smallest absolute Gasteiger partial charge is 0.337 e. The van der Waals surface area contributed by atoms with Gasteiger partial charge in [0, 0.05) is 24.6 Å². The average molecular weight is 410 g/mol. The minimum Gasteiger partial charge on any atom is -0.465 e. The first-order chi connectivity index (χ1) is 14.1. The maximum absolute atomic E-state index is 12.3. The van der Waals surface area contributed by atoms with Crippen LogP contribution in [0.15, 0.2) is 60.7 Å². The van der Waals surface area contributed by atoms with Gasteiger partial charge in [0.25, 0.3) is 0 Å². The topological polar surface area (TPSA) is 112 Å². The lowest BCUT2D eigenvalue weighted by Crippen LogP contribution is -2.15. The summed E-state index contributed by atoms with van der Waals surface area (Å²) in [7, 11) is 1.32. The molecule has 3 rings (SSSR count). The summed E-state index contributed by atoms with van der Waals surface area (Å²) < 4.78 is 6.47. The number of aromatic nitrogens is 5. The molecule has 29 heavy (non-hydrogen) atoms. The van der Waals surface area contributed by atoms with E-state index in [9.17, 15) is 9.59 Å². The van der Waals surface area contributed by atoms with Gasteiger partial charge >= 0.3 is 5.97 Å². The fourth-order valence-corrected chi connectivity index (χ4v) is 3.18. The van der Waals surface area contributed by atoms with Crippen molar-refractivity contribution < 1.29 is 14.3 Å². The van der Waals surface area contributed by atoms with Gasteiger partial charge in [-0.3, -0.25) is 14.3 Å². The van der Waals surface area contributed by atoms with Gasteiger partial charge in [0.15, 0.2) is 11.0 Å². The molecule has 1 aromatic carbocycles. The molecule has 3 aromatic rings.